The fourth-order valence-electron chi connectivity index (χ4n) is 5.14. The summed E-state index contributed by atoms with van der Waals surface area (Å²) in [4.78, 5) is 48.7. The molecule has 204 valence electrons. The number of ether oxygens (including phenoxy) is 2. The highest BCUT2D eigenvalue weighted by atomic mass is 16.6. The lowest BCUT2D eigenvalue weighted by Crippen LogP contribution is -2.43. The van der Waals surface area contributed by atoms with E-state index >= 15 is 0 Å². The number of Topliss-reactive ketones (excluding diaryl/α,β-unsaturated/α-hetero) is 1. The molecule has 3 N–H and O–H groups in total. The third-order valence-electron chi connectivity index (χ3n) is 6.77. The van der Waals surface area contributed by atoms with E-state index in [0.29, 0.717) is 35.1 Å². The maximum atomic E-state index is 12.6. The highest BCUT2D eigenvalue weighted by Crippen LogP contribution is 2.34. The third-order valence-corrected chi connectivity index (χ3v) is 6.77. The van der Waals surface area contributed by atoms with Crippen LogP contribution in [0.25, 0.3) is 5.69 Å². The van der Waals surface area contributed by atoms with Gasteiger partial charge in [0.2, 0.25) is 0 Å². The van der Waals surface area contributed by atoms with Crippen LogP contribution in [0.3, 0.4) is 0 Å². The molecule has 1 saturated carbocycles. The summed E-state index contributed by atoms with van der Waals surface area (Å²) in [6, 6.07) is 5.15. The molecule has 3 atom stereocenters. The molecule has 0 spiro atoms. The number of nitrogens with zero attached hydrogens (tertiary/aromatic N) is 2. The zero-order valence-corrected chi connectivity index (χ0v) is 22.7. The van der Waals surface area contributed by atoms with E-state index in [-0.39, 0.29) is 24.3 Å². The number of carbonyl (C=O) groups excluding carboxylic acids is 4. The molecule has 0 bridgehead atoms. The first-order valence-electron chi connectivity index (χ1n) is 12.9. The van der Waals surface area contributed by atoms with Crippen molar-refractivity contribution in [3.63, 3.8) is 0 Å². The van der Waals surface area contributed by atoms with Crippen LogP contribution >= 0.6 is 0 Å². The Hall–Kier alpha value is -3.66. The van der Waals surface area contributed by atoms with Crippen LogP contribution in [0.5, 0.6) is 0 Å². The molecule has 38 heavy (non-hydrogen) atoms. The second-order valence-corrected chi connectivity index (χ2v) is 11.3. The molecule has 4 rings (SSSR count). The van der Waals surface area contributed by atoms with E-state index in [0.717, 1.165) is 35.3 Å². The normalized spacial score (nSPS) is 19.3. The van der Waals surface area contributed by atoms with Gasteiger partial charge in [-0.25, -0.2) is 0 Å². The van der Waals surface area contributed by atoms with Crippen LogP contribution in [0.15, 0.2) is 24.4 Å². The summed E-state index contributed by atoms with van der Waals surface area (Å²) >= 11 is 0. The average Bonchev–Trinajstić information content (AvgIpc) is 3.40. The quantitative estimate of drug-likeness (QED) is 0.360. The summed E-state index contributed by atoms with van der Waals surface area (Å²) in [5.74, 6) is -1.29. The lowest BCUT2D eigenvalue weighted by atomic mass is 9.94. The van der Waals surface area contributed by atoms with Gasteiger partial charge in [0, 0.05) is 48.6 Å². The van der Waals surface area contributed by atoms with Crippen LogP contribution in [-0.4, -0.2) is 78.6 Å². The summed E-state index contributed by atoms with van der Waals surface area (Å²) in [5.41, 5.74) is 10.0. The Morgan fingerprint density at radius 2 is 1.95 bits per heavy atom. The molecule has 1 fully saturated rings. The molecule has 0 saturated heterocycles. The Morgan fingerprint density at radius 3 is 2.61 bits per heavy atom. The number of aryl methyl sites for hydroxylation is 1. The van der Waals surface area contributed by atoms with E-state index in [2.05, 4.69) is 5.32 Å². The van der Waals surface area contributed by atoms with Gasteiger partial charge in [0.25, 0.3) is 5.91 Å². The molecular weight excluding hydrogens is 488 g/mol. The highest BCUT2D eigenvalue weighted by molar-refractivity contribution is 6.00. The largest absolute Gasteiger partial charge is 0.460 e. The standard InChI is InChI=1S/C28H36N4O6/c1-16-14-31(23-7-6-8-24(34)27(16)23)18-9-10-20(28(29)36)21(11-18)30-22-13-25(22)38-26(35)12-19(37-17(2)33)15-32(3,4)5/h9-11,14,19,22,25H,6-8,12-13,15H2,1-5H3,(H2-,29,30,36)/p+1. The second-order valence-electron chi connectivity index (χ2n) is 11.3. The number of primary amides is 1. The van der Waals surface area contributed by atoms with Crippen LogP contribution in [0, 0.1) is 6.92 Å². The predicted molar refractivity (Wildman–Crippen MR) is 141 cm³/mol. The van der Waals surface area contributed by atoms with Crippen molar-refractivity contribution in [3.8, 4) is 5.69 Å². The van der Waals surface area contributed by atoms with Gasteiger partial charge in [-0.2, -0.15) is 0 Å². The summed E-state index contributed by atoms with van der Waals surface area (Å²) in [7, 11) is 5.86. The summed E-state index contributed by atoms with van der Waals surface area (Å²) in [6.07, 6.45) is 3.73. The van der Waals surface area contributed by atoms with Gasteiger partial charge >= 0.3 is 11.9 Å². The number of fused-ring (bicyclic) bond motifs is 1. The first kappa shape index (κ1) is 27.4. The number of amides is 1. The molecule has 2 aliphatic rings. The minimum Gasteiger partial charge on any atom is -0.460 e. The molecule has 3 unspecified atom stereocenters. The van der Waals surface area contributed by atoms with Crippen LogP contribution in [0.4, 0.5) is 5.69 Å². The number of aromatic nitrogens is 1. The number of nitrogens with two attached hydrogens (primary N) is 1. The maximum Gasteiger partial charge on any atom is 0.310 e. The van der Waals surface area contributed by atoms with E-state index in [9.17, 15) is 19.2 Å². The van der Waals surface area contributed by atoms with Crippen molar-refractivity contribution in [1.82, 2.24) is 4.57 Å². The minimum atomic E-state index is -0.578. The van der Waals surface area contributed by atoms with Gasteiger partial charge < -0.3 is 29.6 Å². The van der Waals surface area contributed by atoms with Crippen molar-refractivity contribution in [2.24, 2.45) is 5.73 Å². The Balaban J connectivity index is 1.46. The van der Waals surface area contributed by atoms with Crippen LogP contribution < -0.4 is 11.1 Å². The minimum absolute atomic E-state index is 0.0306. The molecular formula is C28H37N4O6+. The lowest BCUT2D eigenvalue weighted by molar-refractivity contribution is -0.873. The smallest absolute Gasteiger partial charge is 0.310 e. The third kappa shape index (κ3) is 6.42. The van der Waals surface area contributed by atoms with Crippen molar-refractivity contribution in [1.29, 1.82) is 0 Å². The Kier molecular flexibility index (Phi) is 7.64. The van der Waals surface area contributed by atoms with Gasteiger partial charge in [-0.3, -0.25) is 19.2 Å². The van der Waals surface area contributed by atoms with Gasteiger partial charge in [0.05, 0.1) is 39.2 Å². The van der Waals surface area contributed by atoms with E-state index in [1.807, 2.05) is 51.0 Å². The van der Waals surface area contributed by atoms with Gasteiger partial charge in [-0.05, 0) is 43.5 Å². The predicted octanol–water partition coefficient (Wildman–Crippen LogP) is 2.53. The second kappa shape index (κ2) is 10.6. The number of carbonyl (C=O) groups is 4. The van der Waals surface area contributed by atoms with Crippen LogP contribution in [0.1, 0.15) is 64.6 Å². The molecule has 10 nitrogen and oxygen atoms in total. The number of hydrogen-bond acceptors (Lipinski definition) is 7. The first-order valence-corrected chi connectivity index (χ1v) is 12.9. The maximum absolute atomic E-state index is 12.6. The van der Waals surface area contributed by atoms with Crippen molar-refractivity contribution >= 4 is 29.3 Å². The molecule has 10 heteroatoms. The molecule has 2 aromatic rings. The van der Waals surface area contributed by atoms with Crippen molar-refractivity contribution in [3.05, 3.63) is 46.8 Å². The number of likely N-dealkylation sites (N-methyl/N-ethyl adjacent to an activating group) is 1. The highest BCUT2D eigenvalue weighted by Gasteiger charge is 2.42. The SMILES string of the molecule is CC(=O)OC(CC(=O)OC1CC1Nc1cc(-n2cc(C)c3c2CCCC3=O)ccc1C(N)=O)C[N+](C)(C)C. The fourth-order valence-corrected chi connectivity index (χ4v) is 5.14. The number of ketones is 1. The number of esters is 2. The zero-order chi connectivity index (χ0) is 27.8. The fraction of sp³-hybridized carbons (Fsp3) is 0.500. The number of anilines is 1. The van der Waals surface area contributed by atoms with Crippen LogP contribution in [0.2, 0.25) is 0 Å². The Labute approximate surface area is 222 Å². The Bertz CT molecular complexity index is 1270. The average molecular weight is 526 g/mol. The van der Waals surface area contributed by atoms with Crippen molar-refractivity contribution in [2.75, 3.05) is 33.0 Å². The molecule has 0 aliphatic heterocycles. The number of nitrogens with one attached hydrogen (secondary N) is 1. The molecule has 1 heterocycles. The lowest BCUT2D eigenvalue weighted by Gasteiger charge is -2.28. The summed E-state index contributed by atoms with van der Waals surface area (Å²) in [6.45, 7) is 3.73. The summed E-state index contributed by atoms with van der Waals surface area (Å²) in [5, 5.41) is 3.30. The van der Waals surface area contributed by atoms with E-state index in [4.69, 9.17) is 15.2 Å². The first-order chi connectivity index (χ1) is 17.8. The van der Waals surface area contributed by atoms with Gasteiger partial charge in [0.15, 0.2) is 11.9 Å². The number of benzene rings is 1. The van der Waals surface area contributed by atoms with E-state index in [1.54, 1.807) is 6.07 Å². The van der Waals surface area contributed by atoms with Gasteiger partial charge in [-0.15, -0.1) is 0 Å². The molecule has 1 amide bonds. The molecule has 1 aromatic carbocycles. The van der Waals surface area contributed by atoms with Gasteiger partial charge in [0.1, 0.15) is 12.6 Å². The Morgan fingerprint density at radius 1 is 1.21 bits per heavy atom. The molecule has 0 radical (unpaired) electrons. The number of hydrogen-bond donors (Lipinski definition) is 2. The van der Waals surface area contributed by atoms with Crippen molar-refractivity contribution < 1.29 is 33.1 Å². The molecule has 2 aliphatic carbocycles. The topological polar surface area (TPSA) is 130 Å². The zero-order valence-electron chi connectivity index (χ0n) is 22.7. The van der Waals surface area contributed by atoms with Crippen LogP contribution in [-0.2, 0) is 25.5 Å². The van der Waals surface area contributed by atoms with Crippen molar-refractivity contribution in [2.45, 2.75) is 64.2 Å². The number of rotatable bonds is 10. The van der Waals surface area contributed by atoms with E-state index < -0.39 is 23.9 Å². The monoisotopic (exact) mass is 525 g/mol. The molecule has 1 aromatic heterocycles. The number of quaternary nitrogens is 1. The van der Waals surface area contributed by atoms with E-state index in [1.165, 1.54) is 6.92 Å². The summed E-state index contributed by atoms with van der Waals surface area (Å²) < 4.78 is 13.5. The van der Waals surface area contributed by atoms with Gasteiger partial charge in [-0.1, -0.05) is 0 Å².